The van der Waals surface area contributed by atoms with Crippen molar-refractivity contribution < 1.29 is 9.66 Å². The molecular weight excluding hydrogens is 258 g/mol. The maximum atomic E-state index is 11.0. The van der Waals surface area contributed by atoms with Crippen LogP contribution in [0, 0.1) is 21.4 Å². The molecule has 0 atom stereocenters. The number of non-ortho nitro benzene ring substituents is 1. The molecule has 1 aromatic carbocycles. The van der Waals surface area contributed by atoms with E-state index in [4.69, 9.17) is 10.00 Å². The molecule has 0 radical (unpaired) electrons. The van der Waals surface area contributed by atoms with E-state index in [1.807, 2.05) is 0 Å². The van der Waals surface area contributed by atoms with Gasteiger partial charge in [0.25, 0.3) is 5.69 Å². The van der Waals surface area contributed by atoms with Crippen molar-refractivity contribution in [2.75, 3.05) is 6.61 Å². The molecule has 0 saturated heterocycles. The monoisotopic (exact) mass is 271 g/mol. The predicted octanol–water partition coefficient (Wildman–Crippen LogP) is 3.22. The Kier molecular flexibility index (Phi) is 4.45. The number of nitriles is 1. The number of hydrogen-bond acceptors (Lipinski definition) is 5. The molecule has 0 aliphatic heterocycles. The maximum absolute atomic E-state index is 11.0. The second-order valence-corrected chi connectivity index (χ2v) is 4.20. The van der Waals surface area contributed by atoms with Gasteiger partial charge in [0.2, 0.25) is 0 Å². The van der Waals surface area contributed by atoms with Gasteiger partial charge in [0.1, 0.15) is 5.75 Å². The standard InChI is InChI=1S/C14H13N3O3/c15-8-2-1-3-10-20-13-7-6-12(17(18)19)14-11(13)5-4-9-16-14/h4-7,9H,1-3,10H2. The minimum Gasteiger partial charge on any atom is -0.493 e. The molecule has 102 valence electrons. The largest absolute Gasteiger partial charge is 0.493 e. The number of aromatic nitrogens is 1. The van der Waals surface area contributed by atoms with Gasteiger partial charge in [0.05, 0.1) is 17.6 Å². The number of hydrogen-bond donors (Lipinski definition) is 0. The Morgan fingerprint density at radius 3 is 2.95 bits per heavy atom. The molecule has 0 unspecified atom stereocenters. The number of benzene rings is 1. The smallest absolute Gasteiger partial charge is 0.295 e. The van der Waals surface area contributed by atoms with E-state index >= 15 is 0 Å². The Balaban J connectivity index is 2.21. The first-order valence-electron chi connectivity index (χ1n) is 6.26. The van der Waals surface area contributed by atoms with Gasteiger partial charge in [0, 0.05) is 24.1 Å². The highest BCUT2D eigenvalue weighted by Crippen LogP contribution is 2.31. The van der Waals surface area contributed by atoms with Crippen LogP contribution in [0.2, 0.25) is 0 Å². The predicted molar refractivity (Wildman–Crippen MR) is 73.4 cm³/mol. The molecule has 2 aromatic rings. The SMILES string of the molecule is N#CCCCCOc1ccc([N+](=O)[O-])c2ncccc12. The van der Waals surface area contributed by atoms with Gasteiger partial charge in [-0.2, -0.15) is 5.26 Å². The Bertz CT molecular complexity index is 664. The van der Waals surface area contributed by atoms with E-state index in [0.717, 1.165) is 12.8 Å². The van der Waals surface area contributed by atoms with E-state index in [2.05, 4.69) is 11.1 Å². The molecular formula is C14H13N3O3. The lowest BCUT2D eigenvalue weighted by molar-refractivity contribution is -0.383. The van der Waals surface area contributed by atoms with Crippen molar-refractivity contribution >= 4 is 16.6 Å². The van der Waals surface area contributed by atoms with Gasteiger partial charge in [-0.25, -0.2) is 4.98 Å². The van der Waals surface area contributed by atoms with Crippen molar-refractivity contribution in [1.82, 2.24) is 4.98 Å². The van der Waals surface area contributed by atoms with Crippen molar-refractivity contribution in [2.24, 2.45) is 0 Å². The number of rotatable bonds is 6. The van der Waals surface area contributed by atoms with Crippen molar-refractivity contribution in [1.29, 1.82) is 5.26 Å². The molecule has 2 rings (SSSR count). The first-order valence-corrected chi connectivity index (χ1v) is 6.26. The molecule has 0 aliphatic carbocycles. The highest BCUT2D eigenvalue weighted by atomic mass is 16.6. The Morgan fingerprint density at radius 2 is 2.20 bits per heavy atom. The van der Waals surface area contributed by atoms with Crippen LogP contribution in [0.3, 0.4) is 0 Å². The highest BCUT2D eigenvalue weighted by Gasteiger charge is 2.15. The Hall–Kier alpha value is -2.68. The summed E-state index contributed by atoms with van der Waals surface area (Å²) < 4.78 is 5.63. The zero-order chi connectivity index (χ0) is 14.4. The van der Waals surface area contributed by atoms with Crippen LogP contribution in [0.25, 0.3) is 10.9 Å². The molecule has 6 heteroatoms. The van der Waals surface area contributed by atoms with E-state index in [0.29, 0.717) is 29.7 Å². The molecule has 0 aliphatic rings. The molecule has 20 heavy (non-hydrogen) atoms. The fourth-order valence-electron chi connectivity index (χ4n) is 1.89. The molecule has 0 bridgehead atoms. The van der Waals surface area contributed by atoms with Gasteiger partial charge in [-0.05, 0) is 31.0 Å². The molecule has 0 N–H and O–H groups in total. The number of fused-ring (bicyclic) bond motifs is 1. The summed E-state index contributed by atoms with van der Waals surface area (Å²) in [5.74, 6) is 0.579. The number of unbranched alkanes of at least 4 members (excludes halogenated alkanes) is 2. The van der Waals surface area contributed by atoms with Crippen LogP contribution in [0.4, 0.5) is 5.69 Å². The third kappa shape index (κ3) is 3.01. The summed E-state index contributed by atoms with van der Waals surface area (Å²) in [7, 11) is 0. The minimum absolute atomic E-state index is 0.0302. The molecule has 1 aromatic heterocycles. The molecule has 0 amide bonds. The van der Waals surface area contributed by atoms with Crippen molar-refractivity contribution in [2.45, 2.75) is 19.3 Å². The fraction of sp³-hybridized carbons (Fsp3) is 0.286. The van der Waals surface area contributed by atoms with Crippen LogP contribution in [-0.2, 0) is 0 Å². The van der Waals surface area contributed by atoms with E-state index < -0.39 is 4.92 Å². The van der Waals surface area contributed by atoms with Crippen molar-refractivity contribution in [3.63, 3.8) is 0 Å². The molecule has 0 fully saturated rings. The summed E-state index contributed by atoms with van der Waals surface area (Å²) >= 11 is 0. The van der Waals surface area contributed by atoms with Gasteiger partial charge in [-0.15, -0.1) is 0 Å². The maximum Gasteiger partial charge on any atom is 0.295 e. The van der Waals surface area contributed by atoms with E-state index in [1.165, 1.54) is 12.3 Å². The topological polar surface area (TPSA) is 89.0 Å². The average Bonchev–Trinajstić information content (AvgIpc) is 2.46. The van der Waals surface area contributed by atoms with Crippen LogP contribution < -0.4 is 4.74 Å². The van der Waals surface area contributed by atoms with Crippen LogP contribution >= 0.6 is 0 Å². The third-order valence-electron chi connectivity index (χ3n) is 2.85. The van der Waals surface area contributed by atoms with E-state index in [-0.39, 0.29) is 5.69 Å². The lowest BCUT2D eigenvalue weighted by Gasteiger charge is -2.08. The summed E-state index contributed by atoms with van der Waals surface area (Å²) in [4.78, 5) is 14.6. The summed E-state index contributed by atoms with van der Waals surface area (Å²) in [5, 5.41) is 20.0. The summed E-state index contributed by atoms with van der Waals surface area (Å²) in [6.07, 6.45) is 3.57. The molecule has 0 saturated carbocycles. The first kappa shape index (κ1) is 13.7. The number of nitro groups is 1. The number of ether oxygens (including phenoxy) is 1. The third-order valence-corrected chi connectivity index (χ3v) is 2.85. The fourth-order valence-corrected chi connectivity index (χ4v) is 1.89. The Labute approximate surface area is 115 Å². The zero-order valence-corrected chi connectivity index (χ0v) is 10.8. The summed E-state index contributed by atoms with van der Waals surface area (Å²) in [6, 6.07) is 8.53. The van der Waals surface area contributed by atoms with E-state index in [1.54, 1.807) is 18.2 Å². The summed E-state index contributed by atoms with van der Waals surface area (Å²) in [6.45, 7) is 0.476. The van der Waals surface area contributed by atoms with Gasteiger partial charge >= 0.3 is 0 Å². The van der Waals surface area contributed by atoms with Crippen LogP contribution in [0.1, 0.15) is 19.3 Å². The molecule has 0 spiro atoms. The number of pyridine rings is 1. The van der Waals surface area contributed by atoms with Crippen molar-refractivity contribution in [3.05, 3.63) is 40.6 Å². The minimum atomic E-state index is -0.452. The lowest BCUT2D eigenvalue weighted by Crippen LogP contribution is -1.99. The van der Waals surface area contributed by atoms with E-state index in [9.17, 15) is 10.1 Å². The molecule has 1 heterocycles. The van der Waals surface area contributed by atoms with Gasteiger partial charge in [-0.3, -0.25) is 10.1 Å². The van der Waals surface area contributed by atoms with Gasteiger partial charge in [-0.1, -0.05) is 0 Å². The van der Waals surface area contributed by atoms with Gasteiger partial charge < -0.3 is 4.74 Å². The normalized spacial score (nSPS) is 10.2. The quantitative estimate of drug-likeness (QED) is 0.457. The number of nitrogens with zero attached hydrogens (tertiary/aromatic N) is 3. The van der Waals surface area contributed by atoms with Crippen LogP contribution in [-0.4, -0.2) is 16.5 Å². The first-order chi connectivity index (χ1) is 9.74. The second-order valence-electron chi connectivity index (χ2n) is 4.20. The number of nitro benzene ring substituents is 1. The second kappa shape index (κ2) is 6.48. The average molecular weight is 271 g/mol. The molecule has 6 nitrogen and oxygen atoms in total. The van der Waals surface area contributed by atoms with Crippen molar-refractivity contribution in [3.8, 4) is 11.8 Å². The van der Waals surface area contributed by atoms with Gasteiger partial charge in [0.15, 0.2) is 5.52 Å². The Morgan fingerprint density at radius 1 is 1.35 bits per heavy atom. The lowest BCUT2D eigenvalue weighted by atomic mass is 10.1. The van der Waals surface area contributed by atoms with Crippen LogP contribution in [0.15, 0.2) is 30.5 Å². The highest BCUT2D eigenvalue weighted by molar-refractivity contribution is 5.91. The van der Waals surface area contributed by atoms with Crippen LogP contribution in [0.5, 0.6) is 5.75 Å². The summed E-state index contributed by atoms with van der Waals surface area (Å²) in [5.41, 5.74) is 0.296. The zero-order valence-electron chi connectivity index (χ0n) is 10.8.